The van der Waals surface area contributed by atoms with Crippen molar-refractivity contribution < 1.29 is 23.8 Å². The molecule has 1 amide bonds. The minimum atomic E-state index is -0.573. The number of aliphatic hydroxyl groups excluding tert-OH is 1. The van der Waals surface area contributed by atoms with Crippen LogP contribution in [0, 0.1) is 29.0 Å². The average molecular weight is 479 g/mol. The van der Waals surface area contributed by atoms with Gasteiger partial charge in [-0.25, -0.2) is 9.37 Å². The van der Waals surface area contributed by atoms with Gasteiger partial charge in [0.2, 0.25) is 5.91 Å². The van der Waals surface area contributed by atoms with E-state index in [1.165, 1.54) is 6.07 Å². The molecule has 2 saturated carbocycles. The first kappa shape index (κ1) is 23.5. The third kappa shape index (κ3) is 3.91. The third-order valence-corrected chi connectivity index (χ3v) is 8.64. The van der Waals surface area contributed by atoms with E-state index < -0.39 is 5.41 Å². The van der Waals surface area contributed by atoms with E-state index in [9.17, 15) is 19.1 Å². The highest BCUT2D eigenvalue weighted by molar-refractivity contribution is 6.03. The van der Waals surface area contributed by atoms with Crippen LogP contribution in [0.25, 0.3) is 0 Å². The van der Waals surface area contributed by atoms with E-state index in [0.29, 0.717) is 36.4 Å². The highest BCUT2D eigenvalue weighted by Crippen LogP contribution is 2.63. The molecule has 1 aromatic carbocycles. The number of anilines is 1. The summed E-state index contributed by atoms with van der Waals surface area (Å²) in [4.78, 5) is 30.4. The number of hydrogen-bond acceptors (Lipinski definition) is 5. The molecule has 2 N–H and O–H groups in total. The van der Waals surface area contributed by atoms with Crippen molar-refractivity contribution >= 4 is 17.5 Å². The highest BCUT2D eigenvalue weighted by Gasteiger charge is 2.60. The Hall–Kier alpha value is -3.22. The minimum absolute atomic E-state index is 0.00584. The molecule has 0 radical (unpaired) electrons. The molecule has 0 spiro atoms. The molecule has 5 atom stereocenters. The first-order valence-corrected chi connectivity index (χ1v) is 12.3. The van der Waals surface area contributed by atoms with Crippen molar-refractivity contribution in [2.45, 2.75) is 51.4 Å². The SMILES string of the molecule is COc1ccnc(NC(=O)CC[C@@H]2/C(=C/O)C(=O)[C@@]3(C)CCC4c5cccc(F)c5CCC4C23)c1. The summed E-state index contributed by atoms with van der Waals surface area (Å²) in [7, 11) is 1.55. The number of carbonyl (C=O) groups is 2. The number of amides is 1. The Bertz CT molecular complexity index is 1200. The van der Waals surface area contributed by atoms with Gasteiger partial charge in [0.15, 0.2) is 5.78 Å². The Balaban J connectivity index is 1.39. The van der Waals surface area contributed by atoms with E-state index in [0.717, 1.165) is 30.2 Å². The maximum absolute atomic E-state index is 14.5. The highest BCUT2D eigenvalue weighted by atomic mass is 19.1. The number of halogens is 1. The molecule has 0 bridgehead atoms. The average Bonchev–Trinajstić information content (AvgIpc) is 3.08. The standard InChI is InChI=1S/C28H31FN2O4/c1-28-12-10-18-17-4-3-5-23(29)19(17)6-7-20(18)26(28)21(22(15-32)27(28)34)8-9-25(33)31-24-14-16(35-2)11-13-30-24/h3-5,11,13-15,18,20-21,26,32H,6-10,12H2,1-2H3,(H,30,31,33)/b22-15-/t18?,20?,21-,26?,28+/m1/s1. The topological polar surface area (TPSA) is 88.5 Å². The second kappa shape index (κ2) is 9.10. The second-order valence-corrected chi connectivity index (χ2v) is 10.3. The van der Waals surface area contributed by atoms with E-state index >= 15 is 0 Å². The van der Waals surface area contributed by atoms with Gasteiger partial charge in [-0.15, -0.1) is 0 Å². The molecule has 1 aromatic heterocycles. The number of nitrogens with zero attached hydrogens (tertiary/aromatic N) is 1. The van der Waals surface area contributed by atoms with Crippen LogP contribution in [0.5, 0.6) is 5.75 Å². The number of pyridine rings is 1. The predicted octanol–water partition coefficient (Wildman–Crippen LogP) is 5.35. The molecule has 0 aliphatic heterocycles. The zero-order chi connectivity index (χ0) is 24.7. The summed E-state index contributed by atoms with van der Waals surface area (Å²) in [6.07, 6.45) is 6.15. The smallest absolute Gasteiger partial charge is 0.225 e. The number of aromatic nitrogens is 1. The molecule has 7 heteroatoms. The van der Waals surface area contributed by atoms with Crippen molar-refractivity contribution in [3.05, 3.63) is 65.3 Å². The number of ether oxygens (including phenoxy) is 1. The van der Waals surface area contributed by atoms with Gasteiger partial charge in [-0.1, -0.05) is 19.1 Å². The Morgan fingerprint density at radius 3 is 2.94 bits per heavy atom. The van der Waals surface area contributed by atoms with E-state index in [1.807, 2.05) is 13.0 Å². The maximum atomic E-state index is 14.5. The lowest BCUT2D eigenvalue weighted by atomic mass is 9.54. The molecule has 35 heavy (non-hydrogen) atoms. The quantitative estimate of drug-likeness (QED) is 0.447. The Labute approximate surface area is 204 Å². The van der Waals surface area contributed by atoms with E-state index in [1.54, 1.807) is 31.5 Å². The van der Waals surface area contributed by atoms with Gasteiger partial charge >= 0.3 is 0 Å². The molecule has 6 nitrogen and oxygen atoms in total. The fourth-order valence-corrected chi connectivity index (χ4v) is 7.11. The van der Waals surface area contributed by atoms with Gasteiger partial charge in [0.05, 0.1) is 13.4 Å². The fraction of sp³-hybridized carbons (Fsp3) is 0.464. The van der Waals surface area contributed by atoms with Gasteiger partial charge in [-0.05, 0) is 79.0 Å². The van der Waals surface area contributed by atoms with Crippen LogP contribution in [0.1, 0.15) is 56.1 Å². The van der Waals surface area contributed by atoms with Crippen LogP contribution in [-0.4, -0.2) is 28.9 Å². The van der Waals surface area contributed by atoms with Gasteiger partial charge in [0.1, 0.15) is 17.4 Å². The van der Waals surface area contributed by atoms with Crippen LogP contribution in [0.3, 0.4) is 0 Å². The third-order valence-electron chi connectivity index (χ3n) is 8.64. The van der Waals surface area contributed by atoms with Crippen LogP contribution in [0.2, 0.25) is 0 Å². The molecular weight excluding hydrogens is 447 g/mol. The Kier molecular flexibility index (Phi) is 6.11. The van der Waals surface area contributed by atoms with Crippen molar-refractivity contribution in [2.24, 2.45) is 23.2 Å². The van der Waals surface area contributed by atoms with Gasteiger partial charge < -0.3 is 15.2 Å². The van der Waals surface area contributed by atoms with Crippen LogP contribution >= 0.6 is 0 Å². The number of hydrogen-bond donors (Lipinski definition) is 2. The van der Waals surface area contributed by atoms with Gasteiger partial charge in [0, 0.05) is 29.7 Å². The maximum Gasteiger partial charge on any atom is 0.225 e. The van der Waals surface area contributed by atoms with E-state index in [4.69, 9.17) is 4.74 Å². The van der Waals surface area contributed by atoms with Gasteiger partial charge in [0.25, 0.3) is 0 Å². The zero-order valence-corrected chi connectivity index (χ0v) is 20.1. The monoisotopic (exact) mass is 478 g/mol. The summed E-state index contributed by atoms with van der Waals surface area (Å²) in [5.74, 6) is 0.834. The summed E-state index contributed by atoms with van der Waals surface area (Å²) in [6, 6.07) is 8.68. The summed E-state index contributed by atoms with van der Waals surface area (Å²) >= 11 is 0. The number of methoxy groups -OCH3 is 1. The number of fused-ring (bicyclic) bond motifs is 5. The number of allylic oxidation sites excluding steroid dienone is 1. The molecule has 3 aliphatic carbocycles. The molecular formula is C28H31FN2O4. The number of aliphatic hydroxyl groups is 1. The van der Waals surface area contributed by atoms with Crippen LogP contribution < -0.4 is 10.1 Å². The molecule has 3 unspecified atom stereocenters. The molecule has 1 heterocycles. The van der Waals surface area contributed by atoms with E-state index in [2.05, 4.69) is 10.3 Å². The van der Waals surface area contributed by atoms with Crippen LogP contribution in [0.15, 0.2) is 48.4 Å². The predicted molar refractivity (Wildman–Crippen MR) is 130 cm³/mol. The number of benzene rings is 1. The van der Waals surface area contributed by atoms with Gasteiger partial charge in [-0.2, -0.15) is 0 Å². The summed E-state index contributed by atoms with van der Waals surface area (Å²) in [6.45, 7) is 2.01. The molecule has 3 aliphatic rings. The van der Waals surface area contributed by atoms with Crippen LogP contribution in [-0.2, 0) is 16.0 Å². The van der Waals surface area contributed by atoms with Crippen molar-refractivity contribution in [1.82, 2.24) is 4.98 Å². The molecule has 5 rings (SSSR count). The minimum Gasteiger partial charge on any atom is -0.515 e. The number of Topliss-reactive ketones (excluding diaryl/α,β-unsaturated/α-hetero) is 1. The van der Waals surface area contributed by atoms with Crippen LogP contribution in [0.4, 0.5) is 10.2 Å². The second-order valence-electron chi connectivity index (χ2n) is 10.3. The molecule has 184 valence electrons. The Morgan fingerprint density at radius 1 is 1.34 bits per heavy atom. The summed E-state index contributed by atoms with van der Waals surface area (Å²) in [5, 5.41) is 12.9. The molecule has 2 aromatic rings. The largest absolute Gasteiger partial charge is 0.515 e. The van der Waals surface area contributed by atoms with Gasteiger partial charge in [-0.3, -0.25) is 9.59 Å². The van der Waals surface area contributed by atoms with Crippen molar-refractivity contribution in [2.75, 3.05) is 12.4 Å². The fourth-order valence-electron chi connectivity index (χ4n) is 7.11. The van der Waals surface area contributed by atoms with Crippen molar-refractivity contribution in [1.29, 1.82) is 0 Å². The lowest BCUT2D eigenvalue weighted by molar-refractivity contribution is -0.127. The summed E-state index contributed by atoms with van der Waals surface area (Å²) in [5.41, 5.74) is 1.73. The van der Waals surface area contributed by atoms with E-state index in [-0.39, 0.29) is 47.6 Å². The number of ketones is 1. The first-order valence-electron chi connectivity index (χ1n) is 12.3. The van der Waals surface area contributed by atoms with Crippen molar-refractivity contribution in [3.8, 4) is 5.75 Å². The number of carbonyl (C=O) groups excluding carboxylic acids is 2. The first-order chi connectivity index (χ1) is 16.9. The molecule has 0 saturated heterocycles. The summed E-state index contributed by atoms with van der Waals surface area (Å²) < 4.78 is 19.7. The lowest BCUT2D eigenvalue weighted by Crippen LogP contribution is -2.44. The number of rotatable bonds is 5. The number of nitrogens with one attached hydrogen (secondary N) is 1. The zero-order valence-electron chi connectivity index (χ0n) is 20.1. The lowest BCUT2D eigenvalue weighted by Gasteiger charge is -2.49. The van der Waals surface area contributed by atoms with Crippen molar-refractivity contribution in [3.63, 3.8) is 0 Å². The normalized spacial score (nSPS) is 30.4. The molecule has 2 fully saturated rings. The Morgan fingerprint density at radius 2 is 2.17 bits per heavy atom.